The van der Waals surface area contributed by atoms with E-state index in [1.807, 2.05) is 0 Å². The minimum atomic E-state index is -0.579. The monoisotopic (exact) mass is 323 g/mol. The van der Waals surface area contributed by atoms with Gasteiger partial charge in [-0.3, -0.25) is 0 Å². The Morgan fingerprint density at radius 2 is 2.14 bits per heavy atom. The SMILES string of the molecule is CC(C)(C)OC(=O)c1ccc(-n2cnc(CCO)n2)cc1Cl. The maximum Gasteiger partial charge on any atom is 0.340 e. The fourth-order valence-corrected chi connectivity index (χ4v) is 2.03. The summed E-state index contributed by atoms with van der Waals surface area (Å²) >= 11 is 6.17. The molecule has 7 heteroatoms. The molecular weight excluding hydrogens is 306 g/mol. The lowest BCUT2D eigenvalue weighted by Gasteiger charge is -2.20. The van der Waals surface area contributed by atoms with Crippen LogP contribution in [-0.2, 0) is 11.2 Å². The molecule has 6 nitrogen and oxygen atoms in total. The molecule has 0 saturated carbocycles. The Kier molecular flexibility index (Phi) is 4.83. The van der Waals surface area contributed by atoms with E-state index in [4.69, 9.17) is 21.4 Å². The second kappa shape index (κ2) is 6.46. The van der Waals surface area contributed by atoms with Crippen LogP contribution in [0, 0.1) is 0 Å². The number of benzene rings is 1. The van der Waals surface area contributed by atoms with Gasteiger partial charge in [-0.2, -0.15) is 5.10 Å². The maximum atomic E-state index is 12.0. The van der Waals surface area contributed by atoms with E-state index in [0.717, 1.165) is 0 Å². The van der Waals surface area contributed by atoms with Crippen molar-refractivity contribution >= 4 is 17.6 Å². The second-order valence-corrected chi connectivity index (χ2v) is 6.15. The topological polar surface area (TPSA) is 77.2 Å². The van der Waals surface area contributed by atoms with Gasteiger partial charge in [0.25, 0.3) is 0 Å². The fraction of sp³-hybridized carbons (Fsp3) is 0.400. The summed E-state index contributed by atoms with van der Waals surface area (Å²) in [6, 6.07) is 4.93. The molecule has 1 heterocycles. The molecule has 1 aromatic carbocycles. The molecule has 1 aromatic heterocycles. The molecule has 2 aromatic rings. The zero-order valence-corrected chi connectivity index (χ0v) is 13.5. The lowest BCUT2D eigenvalue weighted by molar-refractivity contribution is 0.00697. The van der Waals surface area contributed by atoms with Crippen molar-refractivity contribution in [3.8, 4) is 5.69 Å². The number of hydrogen-bond acceptors (Lipinski definition) is 5. The van der Waals surface area contributed by atoms with Crippen molar-refractivity contribution in [3.63, 3.8) is 0 Å². The van der Waals surface area contributed by atoms with Gasteiger partial charge in [-0.25, -0.2) is 14.5 Å². The molecule has 0 bridgehead atoms. The van der Waals surface area contributed by atoms with Gasteiger partial charge in [-0.1, -0.05) is 11.6 Å². The summed E-state index contributed by atoms with van der Waals surface area (Å²) in [5, 5.41) is 13.4. The molecule has 0 radical (unpaired) electrons. The molecule has 1 N–H and O–H groups in total. The lowest BCUT2D eigenvalue weighted by Crippen LogP contribution is -2.24. The number of halogens is 1. The Morgan fingerprint density at radius 1 is 1.41 bits per heavy atom. The highest BCUT2D eigenvalue weighted by Gasteiger charge is 2.20. The average molecular weight is 324 g/mol. The molecule has 0 aliphatic carbocycles. The third-order valence-corrected chi connectivity index (χ3v) is 3.02. The van der Waals surface area contributed by atoms with Crippen LogP contribution in [0.2, 0.25) is 5.02 Å². The van der Waals surface area contributed by atoms with Gasteiger partial charge in [-0.15, -0.1) is 0 Å². The van der Waals surface area contributed by atoms with Crippen molar-refractivity contribution in [2.24, 2.45) is 0 Å². The van der Waals surface area contributed by atoms with Gasteiger partial charge in [0.05, 0.1) is 22.9 Å². The van der Waals surface area contributed by atoms with Crippen molar-refractivity contribution < 1.29 is 14.6 Å². The van der Waals surface area contributed by atoms with E-state index in [2.05, 4.69) is 10.1 Å². The third kappa shape index (κ3) is 4.05. The first-order chi connectivity index (χ1) is 10.3. The van der Waals surface area contributed by atoms with Crippen LogP contribution < -0.4 is 0 Å². The van der Waals surface area contributed by atoms with Gasteiger partial charge in [0, 0.05) is 6.42 Å². The molecule has 0 aliphatic heterocycles. The zero-order valence-electron chi connectivity index (χ0n) is 12.7. The Bertz CT molecular complexity index is 677. The molecule has 0 saturated heterocycles. The molecule has 22 heavy (non-hydrogen) atoms. The van der Waals surface area contributed by atoms with Gasteiger partial charge in [0.2, 0.25) is 0 Å². The van der Waals surface area contributed by atoms with Crippen LogP contribution in [0.3, 0.4) is 0 Å². The quantitative estimate of drug-likeness (QED) is 0.874. The van der Waals surface area contributed by atoms with Crippen molar-refractivity contribution in [2.75, 3.05) is 6.61 Å². The summed E-state index contributed by atoms with van der Waals surface area (Å²) < 4.78 is 6.84. The van der Waals surface area contributed by atoms with E-state index in [1.54, 1.807) is 39.0 Å². The lowest BCUT2D eigenvalue weighted by atomic mass is 10.1. The molecule has 0 atom stereocenters. The highest BCUT2D eigenvalue weighted by molar-refractivity contribution is 6.33. The highest BCUT2D eigenvalue weighted by Crippen LogP contribution is 2.22. The molecule has 0 aliphatic rings. The van der Waals surface area contributed by atoms with Crippen LogP contribution in [-0.4, -0.2) is 38.0 Å². The minimum Gasteiger partial charge on any atom is -0.456 e. The van der Waals surface area contributed by atoms with E-state index in [1.165, 1.54) is 11.0 Å². The smallest absolute Gasteiger partial charge is 0.340 e. The predicted molar refractivity (Wildman–Crippen MR) is 82.3 cm³/mol. The first-order valence-corrected chi connectivity index (χ1v) is 7.22. The number of nitrogens with zero attached hydrogens (tertiary/aromatic N) is 3. The Morgan fingerprint density at radius 3 is 2.73 bits per heavy atom. The van der Waals surface area contributed by atoms with E-state index in [0.29, 0.717) is 23.5 Å². The zero-order chi connectivity index (χ0) is 16.3. The maximum absolute atomic E-state index is 12.0. The molecule has 2 rings (SSSR count). The van der Waals surface area contributed by atoms with Crippen molar-refractivity contribution in [3.05, 3.63) is 40.9 Å². The van der Waals surface area contributed by atoms with Crippen LogP contribution in [0.5, 0.6) is 0 Å². The Hall–Kier alpha value is -1.92. The normalized spacial score (nSPS) is 11.5. The van der Waals surface area contributed by atoms with Crippen LogP contribution in [0.25, 0.3) is 5.69 Å². The molecular formula is C15H18ClN3O3. The number of rotatable bonds is 4. The number of ether oxygens (including phenoxy) is 1. The van der Waals surface area contributed by atoms with Gasteiger partial charge in [0.15, 0.2) is 5.82 Å². The Balaban J connectivity index is 2.23. The number of aliphatic hydroxyl groups excluding tert-OH is 1. The number of hydrogen-bond donors (Lipinski definition) is 1. The molecule has 118 valence electrons. The molecule has 0 amide bonds. The molecule has 0 spiro atoms. The van der Waals surface area contributed by atoms with E-state index in [-0.39, 0.29) is 11.6 Å². The van der Waals surface area contributed by atoms with E-state index in [9.17, 15) is 4.79 Å². The number of carbonyl (C=O) groups excluding carboxylic acids is 1. The number of aromatic nitrogens is 3. The summed E-state index contributed by atoms with van der Waals surface area (Å²) in [5.74, 6) is 0.0680. The first kappa shape index (κ1) is 16.5. The number of esters is 1. The van der Waals surface area contributed by atoms with Gasteiger partial charge < -0.3 is 9.84 Å². The van der Waals surface area contributed by atoms with Crippen molar-refractivity contribution in [1.82, 2.24) is 14.8 Å². The Labute approximate surface area is 133 Å². The van der Waals surface area contributed by atoms with Gasteiger partial charge >= 0.3 is 5.97 Å². The van der Waals surface area contributed by atoms with Crippen LogP contribution in [0.15, 0.2) is 24.5 Å². The third-order valence-electron chi connectivity index (χ3n) is 2.71. The van der Waals surface area contributed by atoms with Crippen LogP contribution in [0.1, 0.15) is 37.0 Å². The molecule has 0 unspecified atom stereocenters. The molecule has 0 fully saturated rings. The average Bonchev–Trinajstić information content (AvgIpc) is 2.85. The largest absolute Gasteiger partial charge is 0.456 e. The standard InChI is InChI=1S/C15H18ClN3O3/c1-15(2,3)22-14(21)11-5-4-10(8-12(11)16)19-9-17-13(18-19)6-7-20/h4-5,8-9,20H,6-7H2,1-3H3. The fourth-order valence-electron chi connectivity index (χ4n) is 1.78. The summed E-state index contributed by atoms with van der Waals surface area (Å²) in [7, 11) is 0. The van der Waals surface area contributed by atoms with Gasteiger partial charge in [-0.05, 0) is 39.0 Å². The predicted octanol–water partition coefficient (Wildman–Crippen LogP) is 2.41. The summed E-state index contributed by atoms with van der Waals surface area (Å²) in [4.78, 5) is 16.1. The summed E-state index contributed by atoms with van der Waals surface area (Å²) in [5.41, 5.74) is 0.398. The number of carbonyl (C=O) groups is 1. The highest BCUT2D eigenvalue weighted by atomic mass is 35.5. The number of aliphatic hydroxyl groups is 1. The van der Waals surface area contributed by atoms with Crippen molar-refractivity contribution in [2.45, 2.75) is 32.8 Å². The second-order valence-electron chi connectivity index (χ2n) is 5.75. The van der Waals surface area contributed by atoms with Gasteiger partial charge in [0.1, 0.15) is 11.9 Å². The summed E-state index contributed by atoms with van der Waals surface area (Å²) in [6.07, 6.45) is 1.92. The van der Waals surface area contributed by atoms with Crippen molar-refractivity contribution in [1.29, 1.82) is 0 Å². The van der Waals surface area contributed by atoms with E-state index < -0.39 is 11.6 Å². The van der Waals surface area contributed by atoms with Crippen LogP contribution in [0.4, 0.5) is 0 Å². The minimum absolute atomic E-state index is 0.0116. The van der Waals surface area contributed by atoms with E-state index >= 15 is 0 Å². The van der Waals surface area contributed by atoms with Crippen LogP contribution >= 0.6 is 11.6 Å². The first-order valence-electron chi connectivity index (χ1n) is 6.85. The summed E-state index contributed by atoms with van der Waals surface area (Å²) in [6.45, 7) is 5.38.